The number of anilines is 1. The Kier molecular flexibility index (Phi) is 3.59. The first-order valence-electron chi connectivity index (χ1n) is 5.40. The summed E-state index contributed by atoms with van der Waals surface area (Å²) in [6, 6.07) is 5.00. The van der Waals surface area contributed by atoms with E-state index in [0.717, 1.165) is 6.07 Å². The predicted octanol–water partition coefficient (Wildman–Crippen LogP) is 2.26. The zero-order valence-electron chi connectivity index (χ0n) is 10.2. The van der Waals surface area contributed by atoms with Gasteiger partial charge in [0.15, 0.2) is 0 Å². The zero-order chi connectivity index (χ0) is 14.8. The van der Waals surface area contributed by atoms with Crippen LogP contribution in [0.5, 0.6) is 5.75 Å². The van der Waals surface area contributed by atoms with Gasteiger partial charge in [0.2, 0.25) is 5.95 Å². The van der Waals surface area contributed by atoms with E-state index < -0.39 is 18.0 Å². The Labute approximate surface area is 111 Å². The third-order valence-electron chi connectivity index (χ3n) is 2.18. The number of nitrogens with one attached hydrogen (secondary N) is 2. The van der Waals surface area contributed by atoms with Crippen LogP contribution in [0.1, 0.15) is 16.2 Å². The van der Waals surface area contributed by atoms with Crippen molar-refractivity contribution < 1.29 is 22.7 Å². The maximum atomic E-state index is 12.2. The largest absolute Gasteiger partial charge is 0.573 e. The van der Waals surface area contributed by atoms with Crippen LogP contribution in [0.4, 0.5) is 19.1 Å². The molecule has 2 rings (SSSR count). The number of H-pyrrole nitrogens is 1. The Morgan fingerprint density at radius 2 is 2.05 bits per heavy atom. The average Bonchev–Trinajstić information content (AvgIpc) is 2.73. The molecule has 0 aliphatic rings. The van der Waals surface area contributed by atoms with E-state index in [-0.39, 0.29) is 11.5 Å². The molecular formula is C11H9F3N4O2. The molecule has 9 heteroatoms. The number of carbonyl (C=O) groups excluding carboxylic acids is 1. The van der Waals surface area contributed by atoms with Crippen molar-refractivity contribution in [3.63, 3.8) is 0 Å². The summed E-state index contributed by atoms with van der Waals surface area (Å²) < 4.78 is 40.5. The molecule has 0 unspecified atom stereocenters. The molecule has 2 aromatic rings. The quantitative estimate of drug-likeness (QED) is 0.907. The normalized spacial score (nSPS) is 11.2. The molecule has 20 heavy (non-hydrogen) atoms. The minimum atomic E-state index is -4.88. The molecule has 0 aliphatic heterocycles. The maximum absolute atomic E-state index is 12.2. The van der Waals surface area contributed by atoms with Crippen molar-refractivity contribution in [3.8, 4) is 5.75 Å². The summed E-state index contributed by atoms with van der Waals surface area (Å²) in [6.07, 6.45) is -4.88. The summed E-state index contributed by atoms with van der Waals surface area (Å²) in [5.41, 5.74) is -0.271. The average molecular weight is 286 g/mol. The monoisotopic (exact) mass is 286 g/mol. The lowest BCUT2D eigenvalue weighted by atomic mass is 10.2. The van der Waals surface area contributed by atoms with E-state index >= 15 is 0 Å². The summed E-state index contributed by atoms with van der Waals surface area (Å²) in [5, 5.41) is 8.41. The number of hydrogen-bond donors (Lipinski definition) is 2. The van der Waals surface area contributed by atoms with E-state index in [0.29, 0.717) is 5.82 Å². The molecule has 0 spiro atoms. The van der Waals surface area contributed by atoms with E-state index in [1.54, 1.807) is 6.92 Å². The van der Waals surface area contributed by atoms with E-state index in [9.17, 15) is 18.0 Å². The van der Waals surface area contributed by atoms with Gasteiger partial charge < -0.3 is 4.74 Å². The molecule has 1 amide bonds. The minimum absolute atomic E-state index is 0.0330. The van der Waals surface area contributed by atoms with Gasteiger partial charge >= 0.3 is 6.36 Å². The summed E-state index contributed by atoms with van der Waals surface area (Å²) in [4.78, 5) is 15.7. The summed E-state index contributed by atoms with van der Waals surface area (Å²) in [7, 11) is 0. The van der Waals surface area contributed by atoms with Crippen LogP contribution in [0.15, 0.2) is 24.3 Å². The van der Waals surface area contributed by atoms with Crippen molar-refractivity contribution >= 4 is 11.9 Å². The SMILES string of the molecule is Cc1nc(NC(=O)c2ccccc2OC(F)(F)F)n[nH]1. The zero-order valence-corrected chi connectivity index (χ0v) is 10.2. The van der Waals surface area contributed by atoms with Crippen molar-refractivity contribution in [2.45, 2.75) is 13.3 Å². The number of nitrogens with zero attached hydrogens (tertiary/aromatic N) is 2. The van der Waals surface area contributed by atoms with Crippen molar-refractivity contribution in [2.24, 2.45) is 0 Å². The first-order chi connectivity index (χ1) is 9.35. The fourth-order valence-corrected chi connectivity index (χ4v) is 1.44. The van der Waals surface area contributed by atoms with Crippen LogP contribution < -0.4 is 10.1 Å². The molecule has 1 heterocycles. The lowest BCUT2D eigenvalue weighted by Gasteiger charge is -2.12. The molecule has 106 valence electrons. The number of aromatic nitrogens is 3. The molecule has 0 atom stereocenters. The molecule has 1 aromatic carbocycles. The van der Waals surface area contributed by atoms with Gasteiger partial charge in [0, 0.05) is 0 Å². The highest BCUT2D eigenvalue weighted by Gasteiger charge is 2.32. The van der Waals surface area contributed by atoms with Gasteiger partial charge in [-0.1, -0.05) is 12.1 Å². The Morgan fingerprint density at radius 3 is 2.65 bits per heavy atom. The number of rotatable bonds is 3. The fraction of sp³-hybridized carbons (Fsp3) is 0.182. The number of aryl methyl sites for hydroxylation is 1. The van der Waals surface area contributed by atoms with E-state index in [4.69, 9.17) is 0 Å². The Balaban J connectivity index is 2.21. The minimum Gasteiger partial charge on any atom is -0.405 e. The molecule has 2 N–H and O–H groups in total. The first kappa shape index (κ1) is 13.8. The highest BCUT2D eigenvalue weighted by atomic mass is 19.4. The van der Waals surface area contributed by atoms with E-state index in [1.807, 2.05) is 0 Å². The van der Waals surface area contributed by atoms with Crippen molar-refractivity contribution in [3.05, 3.63) is 35.7 Å². The molecule has 0 aliphatic carbocycles. The third kappa shape index (κ3) is 3.46. The smallest absolute Gasteiger partial charge is 0.405 e. The molecule has 0 saturated heterocycles. The second-order valence-corrected chi connectivity index (χ2v) is 3.74. The third-order valence-corrected chi connectivity index (χ3v) is 2.18. The van der Waals surface area contributed by atoms with Crippen LogP contribution in [0, 0.1) is 6.92 Å². The number of carbonyl (C=O) groups is 1. The highest BCUT2D eigenvalue weighted by Crippen LogP contribution is 2.26. The number of benzene rings is 1. The molecule has 6 nitrogen and oxygen atoms in total. The van der Waals surface area contributed by atoms with Crippen LogP contribution in [0.25, 0.3) is 0 Å². The summed E-state index contributed by atoms with van der Waals surface area (Å²) in [5.74, 6) is -0.969. The van der Waals surface area contributed by atoms with Crippen LogP contribution >= 0.6 is 0 Å². The van der Waals surface area contributed by atoms with Crippen LogP contribution in [-0.2, 0) is 0 Å². The summed E-state index contributed by atoms with van der Waals surface area (Å²) >= 11 is 0. The van der Waals surface area contributed by atoms with Crippen LogP contribution in [-0.4, -0.2) is 27.5 Å². The number of amides is 1. The number of hydrogen-bond acceptors (Lipinski definition) is 4. The number of alkyl halides is 3. The van der Waals surface area contributed by atoms with Gasteiger partial charge in [-0.05, 0) is 19.1 Å². The van der Waals surface area contributed by atoms with Crippen LogP contribution in [0.3, 0.4) is 0 Å². The molecule has 0 fully saturated rings. The Morgan fingerprint density at radius 1 is 1.35 bits per heavy atom. The lowest BCUT2D eigenvalue weighted by molar-refractivity contribution is -0.274. The van der Waals surface area contributed by atoms with Crippen molar-refractivity contribution in [1.82, 2.24) is 15.2 Å². The molecule has 0 bridgehead atoms. The maximum Gasteiger partial charge on any atom is 0.573 e. The number of para-hydroxylation sites is 1. The molecule has 0 radical (unpaired) electrons. The molecule has 1 aromatic heterocycles. The van der Waals surface area contributed by atoms with Crippen molar-refractivity contribution in [2.75, 3.05) is 5.32 Å². The van der Waals surface area contributed by atoms with Crippen LogP contribution in [0.2, 0.25) is 0 Å². The van der Waals surface area contributed by atoms with Crippen molar-refractivity contribution in [1.29, 1.82) is 0 Å². The van der Waals surface area contributed by atoms with E-state index in [1.165, 1.54) is 18.2 Å². The van der Waals surface area contributed by atoms with E-state index in [2.05, 4.69) is 25.2 Å². The summed E-state index contributed by atoms with van der Waals surface area (Å²) in [6.45, 7) is 1.61. The lowest BCUT2D eigenvalue weighted by Crippen LogP contribution is -2.21. The standard InChI is InChI=1S/C11H9F3N4O2/c1-6-15-10(18-17-6)16-9(19)7-4-2-3-5-8(7)20-11(12,13)14/h2-5H,1H3,(H2,15,16,17,18,19). The number of halogens is 3. The number of ether oxygens (including phenoxy) is 1. The van der Waals surface area contributed by atoms with Gasteiger partial charge in [-0.15, -0.1) is 18.3 Å². The molecule has 0 saturated carbocycles. The van der Waals surface area contributed by atoms with Gasteiger partial charge in [-0.25, -0.2) is 0 Å². The second kappa shape index (κ2) is 5.19. The van der Waals surface area contributed by atoms with Gasteiger partial charge in [0.05, 0.1) is 5.56 Å². The van der Waals surface area contributed by atoms with Gasteiger partial charge in [-0.2, -0.15) is 4.98 Å². The Hall–Kier alpha value is -2.58. The fourth-order valence-electron chi connectivity index (χ4n) is 1.44. The second-order valence-electron chi connectivity index (χ2n) is 3.74. The van der Waals surface area contributed by atoms with Gasteiger partial charge in [0.1, 0.15) is 11.6 Å². The topological polar surface area (TPSA) is 79.9 Å². The molecular weight excluding hydrogens is 277 g/mol. The van der Waals surface area contributed by atoms with Gasteiger partial charge in [-0.3, -0.25) is 15.2 Å². The van der Waals surface area contributed by atoms with Gasteiger partial charge in [0.25, 0.3) is 5.91 Å². The Bertz CT molecular complexity index is 624. The number of aromatic amines is 1. The predicted molar refractivity (Wildman–Crippen MR) is 62.2 cm³/mol. The highest BCUT2D eigenvalue weighted by molar-refractivity contribution is 6.05. The first-order valence-corrected chi connectivity index (χ1v) is 5.40.